The van der Waals surface area contributed by atoms with Crippen LogP contribution in [-0.2, 0) is 10.2 Å². The molecule has 2 aromatic rings. The summed E-state index contributed by atoms with van der Waals surface area (Å²) in [6, 6.07) is 3.54. The zero-order valence-corrected chi connectivity index (χ0v) is 14.2. The fourth-order valence-corrected chi connectivity index (χ4v) is 2.31. The Labute approximate surface area is 131 Å². The lowest BCUT2D eigenvalue weighted by Crippen LogP contribution is -2.12. The molecule has 3 nitrogen and oxygen atoms in total. The van der Waals surface area contributed by atoms with Gasteiger partial charge in [-0.15, -0.1) is 0 Å². The first kappa shape index (κ1) is 16.7. The topological polar surface area (TPSA) is 31.4 Å². The Bertz CT molecular complexity index is 690. The predicted octanol–water partition coefficient (Wildman–Crippen LogP) is 4.66. The molecule has 22 heavy (non-hydrogen) atoms. The van der Waals surface area contributed by atoms with Crippen LogP contribution in [0.2, 0.25) is 0 Å². The van der Waals surface area contributed by atoms with Gasteiger partial charge in [-0.1, -0.05) is 20.8 Å². The van der Waals surface area contributed by atoms with E-state index in [1.165, 1.54) is 0 Å². The number of benzene rings is 1. The molecular formula is C18H24FNO2. The van der Waals surface area contributed by atoms with Gasteiger partial charge in [-0.3, -0.25) is 0 Å². The first-order chi connectivity index (χ1) is 10.3. The molecule has 0 unspecified atom stereocenters. The van der Waals surface area contributed by atoms with E-state index in [9.17, 15) is 4.39 Å². The van der Waals surface area contributed by atoms with Crippen molar-refractivity contribution >= 4 is 10.9 Å². The van der Waals surface area contributed by atoms with Crippen molar-refractivity contribution in [2.24, 2.45) is 0 Å². The summed E-state index contributed by atoms with van der Waals surface area (Å²) >= 11 is 0. The molecule has 0 fully saturated rings. The summed E-state index contributed by atoms with van der Waals surface area (Å²) in [5.74, 6) is 0.340. The van der Waals surface area contributed by atoms with Gasteiger partial charge in [0.2, 0.25) is 0 Å². The Balaban J connectivity index is 2.68. The minimum atomic E-state index is -0.313. The molecule has 120 valence electrons. The number of fused-ring (bicyclic) bond motifs is 1. The van der Waals surface area contributed by atoms with Gasteiger partial charge in [0.25, 0.3) is 0 Å². The van der Waals surface area contributed by atoms with Crippen LogP contribution in [0.5, 0.6) is 5.75 Å². The largest absolute Gasteiger partial charge is 0.466 e. The number of aromatic nitrogens is 1. The molecule has 4 heteroatoms. The third-order valence-corrected chi connectivity index (χ3v) is 3.83. The van der Waals surface area contributed by atoms with Gasteiger partial charge in [0.05, 0.1) is 0 Å². The Morgan fingerprint density at radius 2 is 1.86 bits per heavy atom. The molecule has 0 amide bonds. The van der Waals surface area contributed by atoms with Crippen molar-refractivity contribution in [1.82, 2.24) is 4.98 Å². The van der Waals surface area contributed by atoms with E-state index in [2.05, 4.69) is 25.8 Å². The van der Waals surface area contributed by atoms with Crippen molar-refractivity contribution in [3.63, 3.8) is 0 Å². The number of hydrogen-bond donors (Lipinski definition) is 0. The fraction of sp³-hybridized carbons (Fsp3) is 0.500. The first-order valence-corrected chi connectivity index (χ1v) is 7.57. The number of ether oxygens (including phenoxy) is 2. The number of aryl methyl sites for hydroxylation is 1. The molecule has 1 aromatic heterocycles. The van der Waals surface area contributed by atoms with E-state index in [0.29, 0.717) is 23.3 Å². The van der Waals surface area contributed by atoms with Crippen LogP contribution in [0, 0.1) is 19.7 Å². The Morgan fingerprint density at radius 1 is 1.18 bits per heavy atom. The highest BCUT2D eigenvalue weighted by Gasteiger charge is 2.20. The van der Waals surface area contributed by atoms with Gasteiger partial charge < -0.3 is 9.47 Å². The number of nitrogens with zero attached hydrogens (tertiary/aromatic N) is 1. The Kier molecular flexibility index (Phi) is 4.71. The normalized spacial score (nSPS) is 12.0. The van der Waals surface area contributed by atoms with E-state index in [1.54, 1.807) is 6.07 Å². The van der Waals surface area contributed by atoms with E-state index in [1.807, 2.05) is 26.8 Å². The van der Waals surface area contributed by atoms with E-state index >= 15 is 0 Å². The molecule has 0 saturated carbocycles. The highest BCUT2D eigenvalue weighted by Crippen LogP contribution is 2.35. The lowest BCUT2D eigenvalue weighted by molar-refractivity contribution is 0.0228. The molecule has 1 aromatic carbocycles. The van der Waals surface area contributed by atoms with Crippen LogP contribution in [0.3, 0.4) is 0 Å². The minimum Gasteiger partial charge on any atom is -0.466 e. The molecule has 0 aliphatic carbocycles. The molecule has 0 N–H and O–H groups in total. The lowest BCUT2D eigenvalue weighted by atomic mass is 9.86. The van der Waals surface area contributed by atoms with Crippen molar-refractivity contribution in [2.45, 2.75) is 47.0 Å². The summed E-state index contributed by atoms with van der Waals surface area (Å²) in [4.78, 5) is 4.39. The number of halogens is 1. The summed E-state index contributed by atoms with van der Waals surface area (Å²) in [7, 11) is 0. The van der Waals surface area contributed by atoms with Crippen LogP contribution in [0.4, 0.5) is 4.39 Å². The molecule has 0 spiro atoms. The van der Waals surface area contributed by atoms with Crippen molar-refractivity contribution < 1.29 is 13.9 Å². The zero-order valence-electron chi connectivity index (χ0n) is 14.2. The SMILES string of the molecule is CCOCOc1c(C)c(C)nc2c(F)cc(C(C)(C)C)cc12. The maximum absolute atomic E-state index is 14.5. The highest BCUT2D eigenvalue weighted by atomic mass is 19.1. The molecule has 0 atom stereocenters. The van der Waals surface area contributed by atoms with Crippen LogP contribution in [0.15, 0.2) is 12.1 Å². The molecule has 0 aliphatic rings. The summed E-state index contributed by atoms with van der Waals surface area (Å²) in [6.45, 7) is 12.6. The smallest absolute Gasteiger partial charge is 0.189 e. The van der Waals surface area contributed by atoms with Crippen molar-refractivity contribution in [2.75, 3.05) is 13.4 Å². The number of hydrogen-bond acceptors (Lipinski definition) is 3. The average Bonchev–Trinajstić information content (AvgIpc) is 2.43. The van der Waals surface area contributed by atoms with Crippen LogP contribution in [0.1, 0.15) is 44.5 Å². The quantitative estimate of drug-likeness (QED) is 0.608. The summed E-state index contributed by atoms with van der Waals surface area (Å²) in [5, 5.41) is 0.702. The van der Waals surface area contributed by atoms with Crippen LogP contribution >= 0.6 is 0 Å². The van der Waals surface area contributed by atoms with Crippen molar-refractivity contribution in [1.29, 1.82) is 0 Å². The summed E-state index contributed by atoms with van der Waals surface area (Å²) in [6.07, 6.45) is 0. The predicted molar refractivity (Wildman–Crippen MR) is 87.0 cm³/mol. The number of rotatable bonds is 4. The van der Waals surface area contributed by atoms with E-state index in [4.69, 9.17) is 9.47 Å². The second kappa shape index (κ2) is 6.21. The maximum atomic E-state index is 14.5. The molecule has 0 aliphatic heterocycles. The van der Waals surface area contributed by atoms with E-state index in [-0.39, 0.29) is 18.0 Å². The lowest BCUT2D eigenvalue weighted by Gasteiger charge is -2.21. The monoisotopic (exact) mass is 305 g/mol. The molecule has 0 radical (unpaired) electrons. The third-order valence-electron chi connectivity index (χ3n) is 3.83. The fourth-order valence-electron chi connectivity index (χ4n) is 2.31. The van der Waals surface area contributed by atoms with E-state index in [0.717, 1.165) is 16.8 Å². The van der Waals surface area contributed by atoms with Gasteiger partial charge in [0, 0.05) is 23.3 Å². The van der Waals surface area contributed by atoms with Gasteiger partial charge >= 0.3 is 0 Å². The third kappa shape index (κ3) is 3.22. The second-order valence-corrected chi connectivity index (χ2v) is 6.51. The first-order valence-electron chi connectivity index (χ1n) is 7.57. The van der Waals surface area contributed by atoms with Gasteiger partial charge in [0.1, 0.15) is 17.1 Å². The van der Waals surface area contributed by atoms with Crippen molar-refractivity contribution in [3.05, 3.63) is 34.8 Å². The minimum absolute atomic E-state index is 0.148. The van der Waals surface area contributed by atoms with Crippen LogP contribution in [0.25, 0.3) is 10.9 Å². The van der Waals surface area contributed by atoms with Gasteiger partial charge in [-0.25, -0.2) is 9.37 Å². The summed E-state index contributed by atoms with van der Waals surface area (Å²) < 4.78 is 25.5. The maximum Gasteiger partial charge on any atom is 0.189 e. The highest BCUT2D eigenvalue weighted by molar-refractivity contribution is 5.88. The molecule has 0 bridgehead atoms. The van der Waals surface area contributed by atoms with E-state index < -0.39 is 0 Å². The average molecular weight is 305 g/mol. The zero-order chi connectivity index (χ0) is 16.5. The van der Waals surface area contributed by atoms with Gasteiger partial charge in [0.15, 0.2) is 6.79 Å². The summed E-state index contributed by atoms with van der Waals surface area (Å²) in [5.41, 5.74) is 2.80. The number of pyridine rings is 1. The van der Waals surface area contributed by atoms with Gasteiger partial charge in [-0.2, -0.15) is 0 Å². The molecule has 1 heterocycles. The molecule has 2 rings (SSSR count). The molecular weight excluding hydrogens is 281 g/mol. The second-order valence-electron chi connectivity index (χ2n) is 6.51. The molecule has 0 saturated heterocycles. The Hall–Kier alpha value is -1.68. The van der Waals surface area contributed by atoms with Crippen molar-refractivity contribution in [3.8, 4) is 5.75 Å². The standard InChI is InChI=1S/C18H24FNO2/c1-7-21-10-22-17-11(2)12(3)20-16-14(17)8-13(9-15(16)19)18(4,5)6/h8-9H,7,10H2,1-6H3. The Morgan fingerprint density at radius 3 is 2.45 bits per heavy atom. The van der Waals surface area contributed by atoms with Crippen LogP contribution in [-0.4, -0.2) is 18.4 Å². The van der Waals surface area contributed by atoms with Crippen LogP contribution < -0.4 is 4.74 Å². The van der Waals surface area contributed by atoms with Gasteiger partial charge in [-0.05, 0) is 43.9 Å².